The first-order valence-electron chi connectivity index (χ1n) is 7.17. The van der Waals surface area contributed by atoms with Crippen LogP contribution in [-0.2, 0) is 4.79 Å². The van der Waals surface area contributed by atoms with Crippen LogP contribution in [0.15, 0.2) is 47.4 Å². The van der Waals surface area contributed by atoms with E-state index in [0.717, 1.165) is 4.90 Å². The fraction of sp³-hybridized carbons (Fsp3) is 0.235. The molecule has 1 atom stereocenters. The van der Waals surface area contributed by atoms with Crippen LogP contribution >= 0.6 is 11.8 Å². The summed E-state index contributed by atoms with van der Waals surface area (Å²) in [6.45, 7) is 1.92. The summed E-state index contributed by atoms with van der Waals surface area (Å²) in [5.74, 6) is 1.75. The van der Waals surface area contributed by atoms with Gasteiger partial charge in [-0.05, 0) is 49.6 Å². The molecule has 5 nitrogen and oxygen atoms in total. The van der Waals surface area contributed by atoms with Crippen LogP contribution in [0.25, 0.3) is 0 Å². The van der Waals surface area contributed by atoms with E-state index in [1.54, 1.807) is 36.9 Å². The summed E-state index contributed by atoms with van der Waals surface area (Å²) in [6.07, 6.45) is 1.40. The van der Waals surface area contributed by atoms with Gasteiger partial charge in [0.05, 0.1) is 0 Å². The van der Waals surface area contributed by atoms with E-state index in [9.17, 15) is 4.79 Å². The van der Waals surface area contributed by atoms with E-state index in [1.165, 1.54) is 0 Å². The van der Waals surface area contributed by atoms with Gasteiger partial charge in [-0.15, -0.1) is 11.8 Å². The molecule has 0 aliphatic carbocycles. The zero-order valence-corrected chi connectivity index (χ0v) is 13.7. The van der Waals surface area contributed by atoms with Crippen LogP contribution in [0.5, 0.6) is 17.2 Å². The Hall–Kier alpha value is -2.34. The third kappa shape index (κ3) is 3.71. The molecule has 0 spiro atoms. The number of thioether (sulfide) groups is 1. The molecule has 120 valence electrons. The van der Waals surface area contributed by atoms with Crippen LogP contribution in [0.3, 0.4) is 0 Å². The number of fused-ring (bicyclic) bond motifs is 1. The Balaban J connectivity index is 1.60. The molecule has 2 aromatic carbocycles. The van der Waals surface area contributed by atoms with Crippen molar-refractivity contribution in [1.82, 2.24) is 0 Å². The monoisotopic (exact) mass is 331 g/mol. The van der Waals surface area contributed by atoms with Crippen molar-refractivity contribution in [3.8, 4) is 17.2 Å². The highest BCUT2D eigenvalue weighted by Gasteiger charge is 2.18. The number of nitrogens with one attached hydrogen (secondary N) is 1. The lowest BCUT2D eigenvalue weighted by molar-refractivity contribution is -0.122. The fourth-order valence-corrected chi connectivity index (χ4v) is 2.54. The number of hydrogen-bond donors (Lipinski definition) is 1. The summed E-state index contributed by atoms with van der Waals surface area (Å²) in [4.78, 5) is 13.4. The maximum absolute atomic E-state index is 12.2. The molecule has 1 heterocycles. The summed E-state index contributed by atoms with van der Waals surface area (Å²) in [5.41, 5.74) is 0.646. The Bertz CT molecular complexity index is 702. The number of carbonyl (C=O) groups is 1. The van der Waals surface area contributed by atoms with E-state index in [4.69, 9.17) is 14.2 Å². The third-order valence-electron chi connectivity index (χ3n) is 3.38. The van der Waals surface area contributed by atoms with Gasteiger partial charge in [-0.3, -0.25) is 4.79 Å². The van der Waals surface area contributed by atoms with Crippen LogP contribution in [0.2, 0.25) is 0 Å². The standard InChI is InChI=1S/C17H17NO4S/c1-11(22-13-4-6-14(23-2)7-5-13)17(19)18-12-3-8-15-16(9-12)21-10-20-15/h3-9,11H,10H2,1-2H3,(H,18,19). The van der Waals surface area contributed by atoms with Gasteiger partial charge in [0.1, 0.15) is 5.75 Å². The first-order chi connectivity index (χ1) is 11.2. The van der Waals surface area contributed by atoms with Crippen LogP contribution in [0.1, 0.15) is 6.92 Å². The SMILES string of the molecule is CSc1ccc(OC(C)C(=O)Nc2ccc3c(c2)OCO3)cc1. The molecule has 1 N–H and O–H groups in total. The first kappa shape index (κ1) is 15.6. The molecule has 6 heteroatoms. The number of amides is 1. The maximum atomic E-state index is 12.2. The topological polar surface area (TPSA) is 56.8 Å². The van der Waals surface area contributed by atoms with Crippen LogP contribution in [-0.4, -0.2) is 25.1 Å². The van der Waals surface area contributed by atoms with Crippen molar-refractivity contribution in [2.45, 2.75) is 17.9 Å². The van der Waals surface area contributed by atoms with Gasteiger partial charge in [-0.1, -0.05) is 0 Å². The van der Waals surface area contributed by atoms with E-state index in [1.807, 2.05) is 30.5 Å². The first-order valence-corrected chi connectivity index (χ1v) is 8.39. The smallest absolute Gasteiger partial charge is 0.265 e. The lowest BCUT2D eigenvalue weighted by Crippen LogP contribution is -2.30. The van der Waals surface area contributed by atoms with E-state index < -0.39 is 6.10 Å². The minimum atomic E-state index is -0.611. The highest BCUT2D eigenvalue weighted by Crippen LogP contribution is 2.34. The van der Waals surface area contributed by atoms with Gasteiger partial charge in [0, 0.05) is 16.6 Å². The van der Waals surface area contributed by atoms with Crippen molar-refractivity contribution in [3.63, 3.8) is 0 Å². The lowest BCUT2D eigenvalue weighted by Gasteiger charge is -2.15. The van der Waals surface area contributed by atoms with E-state index in [2.05, 4.69) is 5.32 Å². The van der Waals surface area contributed by atoms with E-state index in [-0.39, 0.29) is 12.7 Å². The Morgan fingerprint density at radius 1 is 1.17 bits per heavy atom. The Morgan fingerprint density at radius 2 is 1.91 bits per heavy atom. The van der Waals surface area contributed by atoms with Gasteiger partial charge < -0.3 is 19.5 Å². The highest BCUT2D eigenvalue weighted by molar-refractivity contribution is 7.98. The summed E-state index contributed by atoms with van der Waals surface area (Å²) in [5, 5.41) is 2.81. The van der Waals surface area contributed by atoms with Crippen LogP contribution in [0.4, 0.5) is 5.69 Å². The fourth-order valence-electron chi connectivity index (χ4n) is 2.13. The van der Waals surface area contributed by atoms with Crippen LogP contribution in [0, 0.1) is 0 Å². The molecule has 1 aliphatic rings. The van der Waals surface area contributed by atoms with E-state index in [0.29, 0.717) is 22.9 Å². The molecule has 0 saturated heterocycles. The zero-order valence-electron chi connectivity index (χ0n) is 12.9. The molecule has 3 rings (SSSR count). The van der Waals surface area contributed by atoms with Gasteiger partial charge in [-0.2, -0.15) is 0 Å². The second-order valence-electron chi connectivity index (χ2n) is 4.99. The molecule has 0 aromatic heterocycles. The number of benzene rings is 2. The normalized spacial score (nSPS) is 13.5. The van der Waals surface area contributed by atoms with Crippen molar-refractivity contribution in [2.24, 2.45) is 0 Å². The van der Waals surface area contributed by atoms with Gasteiger partial charge in [0.2, 0.25) is 6.79 Å². The van der Waals surface area contributed by atoms with E-state index >= 15 is 0 Å². The molecule has 23 heavy (non-hydrogen) atoms. The lowest BCUT2D eigenvalue weighted by atomic mass is 10.2. The Morgan fingerprint density at radius 3 is 2.65 bits per heavy atom. The average Bonchev–Trinajstić information content (AvgIpc) is 3.03. The molecule has 1 unspecified atom stereocenters. The molecule has 0 radical (unpaired) electrons. The predicted molar refractivity (Wildman–Crippen MR) is 89.5 cm³/mol. The van der Waals surface area contributed by atoms with Crippen molar-refractivity contribution < 1.29 is 19.0 Å². The molecule has 2 aromatic rings. The number of hydrogen-bond acceptors (Lipinski definition) is 5. The summed E-state index contributed by atoms with van der Waals surface area (Å²) < 4.78 is 16.2. The number of rotatable bonds is 5. The number of carbonyl (C=O) groups excluding carboxylic acids is 1. The average molecular weight is 331 g/mol. The Kier molecular flexibility index (Phi) is 4.62. The maximum Gasteiger partial charge on any atom is 0.265 e. The molecule has 1 aliphatic heterocycles. The molecule has 0 bridgehead atoms. The summed E-state index contributed by atoms with van der Waals surface area (Å²) in [7, 11) is 0. The minimum absolute atomic E-state index is 0.207. The second kappa shape index (κ2) is 6.83. The number of ether oxygens (including phenoxy) is 3. The largest absolute Gasteiger partial charge is 0.481 e. The van der Waals surface area contributed by atoms with Crippen molar-refractivity contribution in [2.75, 3.05) is 18.4 Å². The highest BCUT2D eigenvalue weighted by atomic mass is 32.2. The minimum Gasteiger partial charge on any atom is -0.481 e. The van der Waals surface area contributed by atoms with Gasteiger partial charge >= 0.3 is 0 Å². The van der Waals surface area contributed by atoms with Crippen molar-refractivity contribution >= 4 is 23.4 Å². The number of anilines is 1. The Labute approximate surface area is 138 Å². The summed E-state index contributed by atoms with van der Waals surface area (Å²) in [6, 6.07) is 12.9. The molecule has 0 fully saturated rings. The molecule has 1 amide bonds. The molecular formula is C17H17NO4S. The van der Waals surface area contributed by atoms with Gasteiger partial charge in [0.25, 0.3) is 5.91 Å². The molecule has 0 saturated carbocycles. The van der Waals surface area contributed by atoms with Gasteiger partial charge in [-0.25, -0.2) is 0 Å². The van der Waals surface area contributed by atoms with Gasteiger partial charge in [0.15, 0.2) is 17.6 Å². The summed E-state index contributed by atoms with van der Waals surface area (Å²) >= 11 is 1.66. The molecular weight excluding hydrogens is 314 g/mol. The third-order valence-corrected chi connectivity index (χ3v) is 4.13. The second-order valence-corrected chi connectivity index (χ2v) is 5.87. The van der Waals surface area contributed by atoms with Crippen molar-refractivity contribution in [1.29, 1.82) is 0 Å². The quantitative estimate of drug-likeness (QED) is 0.849. The van der Waals surface area contributed by atoms with Crippen LogP contribution < -0.4 is 19.5 Å². The predicted octanol–water partition coefficient (Wildman–Crippen LogP) is 3.54. The van der Waals surface area contributed by atoms with Crippen molar-refractivity contribution in [3.05, 3.63) is 42.5 Å². The zero-order chi connectivity index (χ0) is 16.2.